The van der Waals surface area contributed by atoms with E-state index in [0.29, 0.717) is 11.6 Å². The van der Waals surface area contributed by atoms with Crippen molar-refractivity contribution in [2.45, 2.75) is 40.2 Å². The van der Waals surface area contributed by atoms with Crippen LogP contribution >= 0.6 is 0 Å². The van der Waals surface area contributed by atoms with E-state index in [1.54, 1.807) is 12.1 Å². The van der Waals surface area contributed by atoms with E-state index < -0.39 is 10.0 Å². The van der Waals surface area contributed by atoms with Gasteiger partial charge in [-0.15, -0.1) is 0 Å². The predicted molar refractivity (Wildman–Crippen MR) is 115 cm³/mol. The third-order valence-corrected chi connectivity index (χ3v) is 5.90. The molecule has 0 fully saturated rings. The van der Waals surface area contributed by atoms with Crippen molar-refractivity contribution < 1.29 is 13.2 Å². The van der Waals surface area contributed by atoms with Gasteiger partial charge in [0.15, 0.2) is 0 Å². The van der Waals surface area contributed by atoms with Gasteiger partial charge in [0.25, 0.3) is 0 Å². The van der Waals surface area contributed by atoms with Gasteiger partial charge in [-0.25, -0.2) is 8.42 Å². The molecule has 0 heterocycles. The molecular formula is C22H30N2O3S. The maximum atomic E-state index is 12.8. The Bertz CT molecular complexity index is 909. The van der Waals surface area contributed by atoms with Gasteiger partial charge in [0.2, 0.25) is 15.9 Å². The summed E-state index contributed by atoms with van der Waals surface area (Å²) in [5, 5.41) is 3.03. The molecule has 0 aliphatic heterocycles. The van der Waals surface area contributed by atoms with Gasteiger partial charge in [-0.05, 0) is 48.9 Å². The largest absolute Gasteiger partial charge is 0.348 e. The molecule has 2 rings (SSSR count). The van der Waals surface area contributed by atoms with Crippen LogP contribution in [-0.4, -0.2) is 27.1 Å². The van der Waals surface area contributed by atoms with E-state index in [4.69, 9.17) is 0 Å². The van der Waals surface area contributed by atoms with Crippen LogP contribution < -0.4 is 9.62 Å². The lowest BCUT2D eigenvalue weighted by Gasteiger charge is -2.26. The van der Waals surface area contributed by atoms with E-state index in [2.05, 4.69) is 19.2 Å². The minimum Gasteiger partial charge on any atom is -0.348 e. The standard InChI is InChI=1S/C22H30N2O3S/c1-16(2)14-20(19-11-7-6-8-12-19)23-22(25)15-24(28(5,26)27)21-13-9-10-17(3)18(21)4/h6-13,16,20H,14-15H2,1-5H3,(H,23,25)/t20-/m0/s1. The smallest absolute Gasteiger partial charge is 0.241 e. The lowest BCUT2D eigenvalue weighted by molar-refractivity contribution is -0.120. The molecule has 5 nitrogen and oxygen atoms in total. The lowest BCUT2D eigenvalue weighted by Crippen LogP contribution is -2.42. The number of sulfonamides is 1. The van der Waals surface area contributed by atoms with Crippen molar-refractivity contribution >= 4 is 21.6 Å². The first-order valence-electron chi connectivity index (χ1n) is 9.47. The third-order valence-electron chi connectivity index (χ3n) is 4.78. The average Bonchev–Trinajstić information content (AvgIpc) is 2.61. The summed E-state index contributed by atoms with van der Waals surface area (Å²) in [6.45, 7) is 7.74. The Hall–Kier alpha value is -2.34. The zero-order valence-corrected chi connectivity index (χ0v) is 18.1. The number of rotatable bonds is 8. The Balaban J connectivity index is 2.26. The maximum Gasteiger partial charge on any atom is 0.241 e. The number of amides is 1. The quantitative estimate of drug-likeness (QED) is 0.726. The zero-order valence-electron chi connectivity index (χ0n) is 17.3. The van der Waals surface area contributed by atoms with Crippen molar-refractivity contribution in [1.29, 1.82) is 0 Å². The first-order valence-corrected chi connectivity index (χ1v) is 11.3. The zero-order chi connectivity index (χ0) is 20.9. The van der Waals surface area contributed by atoms with Gasteiger partial charge in [-0.2, -0.15) is 0 Å². The topological polar surface area (TPSA) is 66.5 Å². The molecule has 0 aliphatic rings. The molecule has 28 heavy (non-hydrogen) atoms. The van der Waals surface area contributed by atoms with Crippen LogP contribution in [0.5, 0.6) is 0 Å². The van der Waals surface area contributed by atoms with E-state index in [0.717, 1.165) is 29.4 Å². The molecule has 0 unspecified atom stereocenters. The highest BCUT2D eigenvalue weighted by molar-refractivity contribution is 7.92. The Morgan fingerprint density at radius 1 is 1.04 bits per heavy atom. The normalized spacial score (nSPS) is 12.6. The molecule has 0 bridgehead atoms. The molecule has 6 heteroatoms. The predicted octanol–water partition coefficient (Wildman–Crippen LogP) is 3.97. The number of carbonyl (C=O) groups is 1. The molecule has 0 aromatic heterocycles. The SMILES string of the molecule is Cc1cccc(N(CC(=O)N[C@@H](CC(C)C)c2ccccc2)S(C)(=O)=O)c1C. The molecule has 1 N–H and O–H groups in total. The summed E-state index contributed by atoms with van der Waals surface area (Å²) in [7, 11) is -3.60. The molecule has 0 saturated carbocycles. The minimum atomic E-state index is -3.60. The molecule has 1 amide bonds. The van der Waals surface area contributed by atoms with Crippen molar-refractivity contribution in [1.82, 2.24) is 5.32 Å². The van der Waals surface area contributed by atoms with Gasteiger partial charge in [-0.3, -0.25) is 9.10 Å². The molecule has 0 spiro atoms. The fourth-order valence-corrected chi connectivity index (χ4v) is 4.10. The summed E-state index contributed by atoms with van der Waals surface area (Å²) >= 11 is 0. The van der Waals surface area contributed by atoms with E-state index in [9.17, 15) is 13.2 Å². The van der Waals surface area contributed by atoms with Crippen LogP contribution in [-0.2, 0) is 14.8 Å². The summed E-state index contributed by atoms with van der Waals surface area (Å²) in [6, 6.07) is 15.1. The number of nitrogens with one attached hydrogen (secondary N) is 1. The second-order valence-corrected chi connectivity index (χ2v) is 9.56. The highest BCUT2D eigenvalue weighted by Gasteiger charge is 2.24. The fourth-order valence-electron chi connectivity index (χ4n) is 3.19. The van der Waals surface area contributed by atoms with Gasteiger partial charge in [0, 0.05) is 0 Å². The van der Waals surface area contributed by atoms with Crippen LogP contribution in [0, 0.1) is 19.8 Å². The Labute approximate surface area is 168 Å². The third kappa shape index (κ3) is 5.83. The summed E-state index contributed by atoms with van der Waals surface area (Å²) < 4.78 is 26.0. The molecular weight excluding hydrogens is 372 g/mol. The van der Waals surface area contributed by atoms with Gasteiger partial charge in [0.05, 0.1) is 18.0 Å². The van der Waals surface area contributed by atoms with E-state index in [1.165, 1.54) is 4.31 Å². The first-order chi connectivity index (χ1) is 13.1. The van der Waals surface area contributed by atoms with Gasteiger partial charge in [0.1, 0.15) is 6.54 Å². The first kappa shape index (κ1) is 22.0. The number of nitrogens with zero attached hydrogens (tertiary/aromatic N) is 1. The number of aryl methyl sites for hydroxylation is 1. The number of anilines is 1. The number of hydrogen-bond donors (Lipinski definition) is 1. The average molecular weight is 403 g/mol. The fraction of sp³-hybridized carbons (Fsp3) is 0.409. The Morgan fingerprint density at radius 2 is 1.68 bits per heavy atom. The number of benzene rings is 2. The van der Waals surface area contributed by atoms with Gasteiger partial charge in [-0.1, -0.05) is 56.3 Å². The van der Waals surface area contributed by atoms with Crippen LogP contribution in [0.4, 0.5) is 5.69 Å². The number of hydrogen-bond acceptors (Lipinski definition) is 3. The molecule has 152 valence electrons. The van der Waals surface area contributed by atoms with Gasteiger partial charge < -0.3 is 5.32 Å². The van der Waals surface area contributed by atoms with Crippen molar-refractivity contribution in [2.24, 2.45) is 5.92 Å². The molecule has 2 aromatic rings. The second kappa shape index (κ2) is 9.24. The monoisotopic (exact) mass is 402 g/mol. The number of carbonyl (C=O) groups excluding carboxylic acids is 1. The van der Waals surface area contributed by atoms with Crippen LogP contribution in [0.2, 0.25) is 0 Å². The van der Waals surface area contributed by atoms with Crippen LogP contribution in [0.25, 0.3) is 0 Å². The summed E-state index contributed by atoms with van der Waals surface area (Å²) in [5.74, 6) is 0.0661. The van der Waals surface area contributed by atoms with Crippen molar-refractivity contribution in [2.75, 3.05) is 17.1 Å². The highest BCUT2D eigenvalue weighted by atomic mass is 32.2. The molecule has 2 aromatic carbocycles. The summed E-state index contributed by atoms with van der Waals surface area (Å²) in [6.07, 6.45) is 1.91. The minimum absolute atomic E-state index is 0.159. The summed E-state index contributed by atoms with van der Waals surface area (Å²) in [4.78, 5) is 12.8. The van der Waals surface area contributed by atoms with Crippen LogP contribution in [0.1, 0.15) is 43.0 Å². The Kier molecular flexibility index (Phi) is 7.24. The maximum absolute atomic E-state index is 12.8. The second-order valence-electron chi connectivity index (χ2n) is 7.65. The van der Waals surface area contributed by atoms with Crippen molar-refractivity contribution in [3.8, 4) is 0 Å². The van der Waals surface area contributed by atoms with E-state index in [1.807, 2.05) is 50.2 Å². The van der Waals surface area contributed by atoms with E-state index in [-0.39, 0.29) is 18.5 Å². The van der Waals surface area contributed by atoms with Crippen molar-refractivity contribution in [3.63, 3.8) is 0 Å². The van der Waals surface area contributed by atoms with Gasteiger partial charge >= 0.3 is 0 Å². The molecule has 0 saturated heterocycles. The van der Waals surface area contributed by atoms with Crippen molar-refractivity contribution in [3.05, 3.63) is 65.2 Å². The van der Waals surface area contributed by atoms with E-state index >= 15 is 0 Å². The molecule has 1 atom stereocenters. The molecule has 0 aliphatic carbocycles. The molecule has 0 radical (unpaired) electrons. The summed E-state index contributed by atoms with van der Waals surface area (Å²) in [5.41, 5.74) is 3.39. The lowest BCUT2D eigenvalue weighted by atomic mass is 9.97. The highest BCUT2D eigenvalue weighted by Crippen LogP contribution is 2.25. The van der Waals surface area contributed by atoms with Crippen LogP contribution in [0.15, 0.2) is 48.5 Å². The Morgan fingerprint density at radius 3 is 2.25 bits per heavy atom. The van der Waals surface area contributed by atoms with Crippen LogP contribution in [0.3, 0.4) is 0 Å².